The lowest BCUT2D eigenvalue weighted by Gasteiger charge is -2.10. The molecule has 0 fully saturated rings. The molecule has 0 bridgehead atoms. The first-order chi connectivity index (χ1) is 12.1. The Kier molecular flexibility index (Phi) is 5.14. The van der Waals surface area contributed by atoms with E-state index in [-0.39, 0.29) is 5.69 Å². The molecule has 130 valence electrons. The highest BCUT2D eigenvalue weighted by Gasteiger charge is 2.17. The van der Waals surface area contributed by atoms with E-state index in [9.17, 15) is 9.59 Å². The van der Waals surface area contributed by atoms with Crippen molar-refractivity contribution in [3.8, 4) is 0 Å². The first-order valence-corrected chi connectivity index (χ1v) is 8.44. The molecule has 0 aliphatic heterocycles. The maximum atomic E-state index is 12.6. The van der Waals surface area contributed by atoms with Gasteiger partial charge in [0.15, 0.2) is 5.69 Å². The van der Waals surface area contributed by atoms with Crippen molar-refractivity contribution in [2.75, 3.05) is 6.54 Å². The van der Waals surface area contributed by atoms with Crippen LogP contribution >= 0.6 is 11.6 Å². The van der Waals surface area contributed by atoms with Crippen LogP contribution in [0.3, 0.4) is 0 Å². The zero-order valence-electron chi connectivity index (χ0n) is 13.8. The normalized spacial score (nSPS) is 11.0. The number of fused-ring (bicyclic) bond motifs is 1. The van der Waals surface area contributed by atoms with E-state index in [1.807, 2.05) is 19.2 Å². The predicted molar refractivity (Wildman–Crippen MR) is 95.9 cm³/mol. The number of hydrogen-bond donors (Lipinski definition) is 1. The summed E-state index contributed by atoms with van der Waals surface area (Å²) in [5.74, 6) is -0.477. The number of nitrogens with one attached hydrogen (secondary N) is 1. The average Bonchev–Trinajstić information content (AvgIpc) is 3.12. The number of halogens is 1. The lowest BCUT2D eigenvalue weighted by molar-refractivity contribution is 0.0944. The Morgan fingerprint density at radius 2 is 2.20 bits per heavy atom. The topological polar surface area (TPSA) is 81.8 Å². The third kappa shape index (κ3) is 3.71. The number of aryl methyl sites for hydroxylation is 2. The van der Waals surface area contributed by atoms with E-state index in [2.05, 4.69) is 15.5 Å². The number of carbonyl (C=O) groups excluding carboxylic acids is 1. The van der Waals surface area contributed by atoms with Crippen molar-refractivity contribution in [2.45, 2.75) is 26.4 Å². The van der Waals surface area contributed by atoms with Crippen LogP contribution in [0.4, 0.5) is 0 Å². The highest BCUT2D eigenvalue weighted by atomic mass is 35.5. The minimum Gasteiger partial charge on any atom is -0.350 e. The van der Waals surface area contributed by atoms with Crippen molar-refractivity contribution in [3.05, 3.63) is 57.6 Å². The first kappa shape index (κ1) is 17.2. The summed E-state index contributed by atoms with van der Waals surface area (Å²) in [6.45, 7) is 3.56. The molecule has 0 aliphatic rings. The van der Waals surface area contributed by atoms with Gasteiger partial charge in [0.25, 0.3) is 5.91 Å². The van der Waals surface area contributed by atoms with Gasteiger partial charge in [-0.1, -0.05) is 11.6 Å². The Hall–Kier alpha value is -2.67. The third-order valence-corrected chi connectivity index (χ3v) is 4.08. The van der Waals surface area contributed by atoms with E-state index in [1.165, 1.54) is 0 Å². The molecule has 0 atom stereocenters. The molecule has 0 unspecified atom stereocenters. The van der Waals surface area contributed by atoms with Crippen LogP contribution < -0.4 is 10.7 Å². The monoisotopic (exact) mass is 359 g/mol. The maximum Gasteiger partial charge on any atom is 0.275 e. The van der Waals surface area contributed by atoms with Gasteiger partial charge in [0.05, 0.1) is 10.9 Å². The molecule has 25 heavy (non-hydrogen) atoms. The van der Waals surface area contributed by atoms with Crippen molar-refractivity contribution in [1.82, 2.24) is 24.9 Å². The van der Waals surface area contributed by atoms with Gasteiger partial charge < -0.3 is 5.32 Å². The summed E-state index contributed by atoms with van der Waals surface area (Å²) in [6, 6.07) is 6.85. The molecule has 8 heteroatoms. The zero-order valence-corrected chi connectivity index (χ0v) is 14.5. The number of rotatable bonds is 6. The van der Waals surface area contributed by atoms with Gasteiger partial charge in [-0.05, 0) is 37.6 Å². The molecular weight excluding hydrogens is 342 g/mol. The Balaban J connectivity index is 1.78. The SMILES string of the molecule is CCn1nc(C(=O)NCCCn2cccn2)c(=O)c2cc(Cl)ccc21. The standard InChI is InChI=1S/C17H18ClN5O2/c1-2-23-14-6-5-12(18)11-13(14)16(24)15(21-23)17(25)19-7-3-9-22-10-4-8-20-22/h4-6,8,10-11H,2-3,7,9H2,1H3,(H,19,25). The highest BCUT2D eigenvalue weighted by molar-refractivity contribution is 6.31. The summed E-state index contributed by atoms with van der Waals surface area (Å²) in [5, 5.41) is 11.9. The average molecular weight is 360 g/mol. The number of amides is 1. The van der Waals surface area contributed by atoms with Crippen LogP contribution in [0.15, 0.2) is 41.5 Å². The molecule has 1 N–H and O–H groups in total. The molecule has 0 saturated heterocycles. The van der Waals surface area contributed by atoms with Gasteiger partial charge in [0, 0.05) is 37.1 Å². The second-order valence-corrected chi connectivity index (χ2v) is 5.97. The van der Waals surface area contributed by atoms with E-state index >= 15 is 0 Å². The third-order valence-electron chi connectivity index (χ3n) is 3.84. The Labute approximate surface area is 149 Å². The van der Waals surface area contributed by atoms with Crippen LogP contribution in [0.2, 0.25) is 5.02 Å². The lowest BCUT2D eigenvalue weighted by Crippen LogP contribution is -2.33. The summed E-state index contributed by atoms with van der Waals surface area (Å²) < 4.78 is 3.41. The number of hydrogen-bond acceptors (Lipinski definition) is 4. The fraction of sp³-hybridized carbons (Fsp3) is 0.294. The summed E-state index contributed by atoms with van der Waals surface area (Å²) in [6.07, 6.45) is 4.26. The van der Waals surface area contributed by atoms with Crippen molar-refractivity contribution in [1.29, 1.82) is 0 Å². The summed E-state index contributed by atoms with van der Waals surface area (Å²) >= 11 is 5.99. The molecule has 2 aromatic heterocycles. The molecule has 0 saturated carbocycles. The van der Waals surface area contributed by atoms with Crippen LogP contribution in [-0.4, -0.2) is 32.0 Å². The molecule has 3 aromatic rings. The van der Waals surface area contributed by atoms with Crippen LogP contribution in [0.25, 0.3) is 10.9 Å². The summed E-state index contributed by atoms with van der Waals surface area (Å²) in [5.41, 5.74) is 0.134. The van der Waals surface area contributed by atoms with Crippen molar-refractivity contribution < 1.29 is 4.79 Å². The van der Waals surface area contributed by atoms with Gasteiger partial charge in [-0.3, -0.25) is 19.0 Å². The van der Waals surface area contributed by atoms with Crippen molar-refractivity contribution in [3.63, 3.8) is 0 Å². The number of benzene rings is 1. The van der Waals surface area contributed by atoms with Crippen LogP contribution in [0.1, 0.15) is 23.8 Å². The van der Waals surface area contributed by atoms with Gasteiger partial charge in [0.1, 0.15) is 0 Å². The molecule has 7 nitrogen and oxygen atoms in total. The number of nitrogens with zero attached hydrogens (tertiary/aromatic N) is 4. The largest absolute Gasteiger partial charge is 0.350 e. The second-order valence-electron chi connectivity index (χ2n) is 5.53. The van der Waals surface area contributed by atoms with E-state index in [1.54, 1.807) is 33.8 Å². The van der Waals surface area contributed by atoms with Crippen LogP contribution in [0.5, 0.6) is 0 Å². The fourth-order valence-corrected chi connectivity index (χ4v) is 2.78. The number of carbonyl (C=O) groups is 1. The molecule has 0 spiro atoms. The Bertz CT molecular complexity index is 950. The minimum atomic E-state index is -0.477. The quantitative estimate of drug-likeness (QED) is 0.683. The minimum absolute atomic E-state index is 0.115. The number of aromatic nitrogens is 4. The van der Waals surface area contributed by atoms with Crippen LogP contribution in [0, 0.1) is 0 Å². The first-order valence-electron chi connectivity index (χ1n) is 8.06. The van der Waals surface area contributed by atoms with Gasteiger partial charge in [-0.25, -0.2) is 0 Å². The van der Waals surface area contributed by atoms with Gasteiger partial charge in [0.2, 0.25) is 5.43 Å². The van der Waals surface area contributed by atoms with Crippen molar-refractivity contribution >= 4 is 28.4 Å². The summed E-state index contributed by atoms with van der Waals surface area (Å²) in [7, 11) is 0. The Morgan fingerprint density at radius 1 is 1.36 bits per heavy atom. The maximum absolute atomic E-state index is 12.6. The molecule has 3 rings (SSSR count). The fourth-order valence-electron chi connectivity index (χ4n) is 2.61. The Morgan fingerprint density at radius 3 is 2.92 bits per heavy atom. The molecule has 2 heterocycles. The lowest BCUT2D eigenvalue weighted by atomic mass is 10.2. The van der Waals surface area contributed by atoms with Crippen molar-refractivity contribution in [2.24, 2.45) is 0 Å². The van der Waals surface area contributed by atoms with Crippen LogP contribution in [-0.2, 0) is 13.1 Å². The van der Waals surface area contributed by atoms with Gasteiger partial charge >= 0.3 is 0 Å². The highest BCUT2D eigenvalue weighted by Crippen LogP contribution is 2.16. The second kappa shape index (κ2) is 7.48. The zero-order chi connectivity index (χ0) is 17.8. The summed E-state index contributed by atoms with van der Waals surface area (Å²) in [4.78, 5) is 25.0. The molecule has 1 aromatic carbocycles. The smallest absolute Gasteiger partial charge is 0.275 e. The van der Waals surface area contributed by atoms with E-state index in [4.69, 9.17) is 11.6 Å². The van der Waals surface area contributed by atoms with E-state index in [0.29, 0.717) is 42.0 Å². The van der Waals surface area contributed by atoms with Gasteiger partial charge in [-0.15, -0.1) is 0 Å². The molecule has 1 amide bonds. The van der Waals surface area contributed by atoms with E-state index in [0.717, 1.165) is 0 Å². The molecular formula is C17H18ClN5O2. The predicted octanol–water partition coefficient (Wildman–Crippen LogP) is 2.09. The van der Waals surface area contributed by atoms with Gasteiger partial charge in [-0.2, -0.15) is 10.2 Å². The molecule has 0 radical (unpaired) electrons. The molecule has 0 aliphatic carbocycles. The van der Waals surface area contributed by atoms with E-state index < -0.39 is 11.3 Å².